The minimum Gasteiger partial charge on any atom is -0.463 e. The third-order valence-electron chi connectivity index (χ3n) is 3.11. The lowest BCUT2D eigenvalue weighted by Gasteiger charge is -1.99. The summed E-state index contributed by atoms with van der Waals surface area (Å²) in [6.07, 6.45) is 0. The molecule has 0 saturated carbocycles. The summed E-state index contributed by atoms with van der Waals surface area (Å²) in [7, 11) is 1.30. The second-order valence-electron chi connectivity index (χ2n) is 4.66. The molecular weight excluding hydrogens is 319 g/mol. The molecule has 0 amide bonds. The summed E-state index contributed by atoms with van der Waals surface area (Å²) >= 11 is 1.44. The van der Waals surface area contributed by atoms with Gasteiger partial charge in [0, 0.05) is 10.9 Å². The van der Waals surface area contributed by atoms with Crippen molar-refractivity contribution in [2.45, 2.75) is 6.54 Å². The molecule has 0 atom stereocenters. The molecule has 0 radical (unpaired) electrons. The van der Waals surface area contributed by atoms with E-state index in [-0.39, 0.29) is 11.6 Å². The Morgan fingerprint density at radius 1 is 1.30 bits per heavy atom. The molecular formula is C16H13FN2O3S. The van der Waals surface area contributed by atoms with Crippen molar-refractivity contribution >= 4 is 22.4 Å². The first kappa shape index (κ1) is 15.2. The van der Waals surface area contributed by atoms with Gasteiger partial charge in [-0.1, -0.05) is 0 Å². The van der Waals surface area contributed by atoms with Crippen LogP contribution in [0.2, 0.25) is 0 Å². The lowest BCUT2D eigenvalue weighted by atomic mass is 10.2. The highest BCUT2D eigenvalue weighted by Crippen LogP contribution is 2.25. The molecule has 0 saturated heterocycles. The smallest absolute Gasteiger partial charge is 0.373 e. The molecule has 1 N–H and O–H groups in total. The Balaban J connectivity index is 1.64. The van der Waals surface area contributed by atoms with Crippen LogP contribution in [0.25, 0.3) is 11.3 Å². The molecule has 2 heterocycles. The number of halogens is 1. The van der Waals surface area contributed by atoms with Gasteiger partial charge in [0.05, 0.1) is 19.3 Å². The zero-order chi connectivity index (χ0) is 16.2. The maximum atomic E-state index is 12.9. The average Bonchev–Trinajstić information content (AvgIpc) is 3.22. The maximum absolute atomic E-state index is 12.9. The predicted octanol–water partition coefficient (Wildman–Crippen LogP) is 3.94. The molecule has 0 aliphatic carbocycles. The van der Waals surface area contributed by atoms with Crippen molar-refractivity contribution in [3.05, 3.63) is 59.1 Å². The number of ether oxygens (including phenoxy) is 1. The minimum atomic E-state index is -0.510. The first-order valence-electron chi connectivity index (χ1n) is 6.78. The van der Waals surface area contributed by atoms with Crippen LogP contribution in [0.4, 0.5) is 9.52 Å². The number of hydrogen-bond donors (Lipinski definition) is 1. The van der Waals surface area contributed by atoms with Gasteiger partial charge in [-0.2, -0.15) is 0 Å². The predicted molar refractivity (Wildman–Crippen MR) is 84.9 cm³/mol. The first-order chi connectivity index (χ1) is 11.2. The van der Waals surface area contributed by atoms with E-state index in [1.54, 1.807) is 24.3 Å². The Morgan fingerprint density at radius 3 is 2.83 bits per heavy atom. The second kappa shape index (κ2) is 6.62. The van der Waals surface area contributed by atoms with Crippen LogP contribution in [0, 0.1) is 5.82 Å². The molecule has 0 spiro atoms. The number of esters is 1. The van der Waals surface area contributed by atoms with Crippen molar-refractivity contribution in [2.24, 2.45) is 0 Å². The Labute approximate surface area is 135 Å². The molecule has 0 aliphatic heterocycles. The van der Waals surface area contributed by atoms with Crippen LogP contribution in [0.3, 0.4) is 0 Å². The van der Waals surface area contributed by atoms with Crippen molar-refractivity contribution in [2.75, 3.05) is 12.4 Å². The molecule has 1 aromatic carbocycles. The summed E-state index contributed by atoms with van der Waals surface area (Å²) in [5.74, 6) is -0.0231. The van der Waals surface area contributed by atoms with Gasteiger partial charge in [-0.25, -0.2) is 14.2 Å². The van der Waals surface area contributed by atoms with E-state index < -0.39 is 5.97 Å². The molecule has 7 heteroatoms. The fourth-order valence-corrected chi connectivity index (χ4v) is 2.67. The summed E-state index contributed by atoms with van der Waals surface area (Å²) in [6.45, 7) is 0.396. The summed E-state index contributed by atoms with van der Waals surface area (Å²) in [5.41, 5.74) is 1.62. The number of hydrogen-bond acceptors (Lipinski definition) is 6. The van der Waals surface area contributed by atoms with Crippen LogP contribution < -0.4 is 5.32 Å². The number of benzene rings is 1. The van der Waals surface area contributed by atoms with Gasteiger partial charge in [-0.15, -0.1) is 11.3 Å². The molecule has 3 rings (SSSR count). The van der Waals surface area contributed by atoms with E-state index in [1.807, 2.05) is 5.38 Å². The van der Waals surface area contributed by atoms with E-state index in [1.165, 1.54) is 30.6 Å². The number of carbonyl (C=O) groups is 1. The normalized spacial score (nSPS) is 10.5. The Morgan fingerprint density at radius 2 is 2.09 bits per heavy atom. The Kier molecular flexibility index (Phi) is 4.38. The minimum absolute atomic E-state index is 0.162. The number of anilines is 1. The molecule has 118 valence electrons. The van der Waals surface area contributed by atoms with Gasteiger partial charge < -0.3 is 14.5 Å². The number of nitrogens with zero attached hydrogens (tertiary/aromatic N) is 1. The van der Waals surface area contributed by atoms with E-state index in [0.717, 1.165) is 11.3 Å². The van der Waals surface area contributed by atoms with Crippen LogP contribution >= 0.6 is 11.3 Å². The highest BCUT2D eigenvalue weighted by Gasteiger charge is 2.11. The van der Waals surface area contributed by atoms with Crippen molar-refractivity contribution in [1.29, 1.82) is 0 Å². The van der Waals surface area contributed by atoms with Crippen LogP contribution in [-0.2, 0) is 11.3 Å². The van der Waals surface area contributed by atoms with Gasteiger partial charge in [0.15, 0.2) is 5.13 Å². The summed E-state index contributed by atoms with van der Waals surface area (Å²) in [4.78, 5) is 15.7. The molecule has 5 nitrogen and oxygen atoms in total. The van der Waals surface area contributed by atoms with Gasteiger partial charge in [-0.05, 0) is 36.4 Å². The first-order valence-corrected chi connectivity index (χ1v) is 7.66. The molecule has 2 aromatic heterocycles. The van der Waals surface area contributed by atoms with Crippen LogP contribution in [0.1, 0.15) is 16.3 Å². The fraction of sp³-hybridized carbons (Fsp3) is 0.125. The topological polar surface area (TPSA) is 64.4 Å². The van der Waals surface area contributed by atoms with Crippen molar-refractivity contribution < 1.29 is 18.3 Å². The summed E-state index contributed by atoms with van der Waals surface area (Å²) in [5, 5.41) is 5.72. The molecule has 3 aromatic rings. The molecule has 0 aliphatic rings. The van der Waals surface area contributed by atoms with Crippen molar-refractivity contribution in [3.8, 4) is 11.3 Å². The van der Waals surface area contributed by atoms with Crippen molar-refractivity contribution in [3.63, 3.8) is 0 Å². The van der Waals surface area contributed by atoms with E-state index in [4.69, 9.17) is 4.42 Å². The van der Waals surface area contributed by atoms with Crippen LogP contribution in [0.15, 0.2) is 46.2 Å². The summed E-state index contributed by atoms with van der Waals surface area (Å²) in [6, 6.07) is 9.44. The third kappa shape index (κ3) is 3.57. The lowest BCUT2D eigenvalue weighted by Crippen LogP contribution is -2.00. The van der Waals surface area contributed by atoms with Gasteiger partial charge in [0.1, 0.15) is 11.6 Å². The number of nitrogens with one attached hydrogen (secondary N) is 1. The SMILES string of the molecule is COC(=O)c1ccc(CNc2nc(-c3ccc(F)cc3)cs2)o1. The second-order valence-corrected chi connectivity index (χ2v) is 5.51. The van der Waals surface area contributed by atoms with E-state index in [2.05, 4.69) is 15.0 Å². The zero-order valence-electron chi connectivity index (χ0n) is 12.2. The quantitative estimate of drug-likeness (QED) is 0.717. The van der Waals surface area contributed by atoms with Crippen molar-refractivity contribution in [1.82, 2.24) is 4.98 Å². The number of rotatable bonds is 5. The van der Waals surface area contributed by atoms with Crippen LogP contribution in [-0.4, -0.2) is 18.1 Å². The molecule has 0 unspecified atom stereocenters. The van der Waals surface area contributed by atoms with Crippen LogP contribution in [0.5, 0.6) is 0 Å². The molecule has 0 fully saturated rings. The largest absolute Gasteiger partial charge is 0.463 e. The molecule has 0 bridgehead atoms. The number of furan rings is 1. The maximum Gasteiger partial charge on any atom is 0.373 e. The number of methoxy groups -OCH3 is 1. The zero-order valence-corrected chi connectivity index (χ0v) is 13.0. The van der Waals surface area contributed by atoms with E-state index in [9.17, 15) is 9.18 Å². The number of carbonyl (C=O) groups excluding carboxylic acids is 1. The number of thiazole rings is 1. The van der Waals surface area contributed by atoms with Gasteiger partial charge in [-0.3, -0.25) is 0 Å². The van der Waals surface area contributed by atoms with E-state index in [0.29, 0.717) is 17.4 Å². The Bertz CT molecular complexity index is 811. The van der Waals surface area contributed by atoms with E-state index >= 15 is 0 Å². The highest BCUT2D eigenvalue weighted by atomic mass is 32.1. The fourth-order valence-electron chi connectivity index (χ4n) is 1.95. The summed E-state index contributed by atoms with van der Waals surface area (Å²) < 4.78 is 22.9. The monoisotopic (exact) mass is 332 g/mol. The lowest BCUT2D eigenvalue weighted by molar-refractivity contribution is 0.0563. The van der Waals surface area contributed by atoms with Gasteiger partial charge in [0.25, 0.3) is 0 Å². The standard InChI is InChI=1S/C16H13FN2O3S/c1-21-15(20)14-7-6-12(22-14)8-18-16-19-13(9-23-16)10-2-4-11(17)5-3-10/h2-7,9H,8H2,1H3,(H,18,19). The van der Waals surface area contributed by atoms with Gasteiger partial charge >= 0.3 is 5.97 Å². The third-order valence-corrected chi connectivity index (χ3v) is 3.91. The van der Waals surface area contributed by atoms with Gasteiger partial charge in [0.2, 0.25) is 5.76 Å². The average molecular weight is 332 g/mol. The highest BCUT2D eigenvalue weighted by molar-refractivity contribution is 7.14. The number of aromatic nitrogens is 1. The molecule has 23 heavy (non-hydrogen) atoms. The Hall–Kier alpha value is -2.67.